The molecule has 1 fully saturated rings. The Labute approximate surface area is 115 Å². The lowest BCUT2D eigenvalue weighted by Gasteiger charge is -2.33. The summed E-state index contributed by atoms with van der Waals surface area (Å²) in [5, 5.41) is 4.25. The Morgan fingerprint density at radius 2 is 1.94 bits per heavy atom. The number of benzene rings is 1. The van der Waals surface area contributed by atoms with Gasteiger partial charge in [-0.2, -0.15) is 0 Å². The Balaban J connectivity index is 2.16. The van der Waals surface area contributed by atoms with E-state index in [-0.39, 0.29) is 0 Å². The van der Waals surface area contributed by atoms with Gasteiger partial charge < -0.3 is 10.2 Å². The standard InChI is InChI=1S/C14H22ClN3/c1-11(18-8-6-16-7-9-18)13-5-4-12(17(2)3)10-14(13)15/h4-5,10-11,16H,6-9H2,1-3H3/t11-/m1/s1. The largest absolute Gasteiger partial charge is 0.378 e. The van der Waals surface area contributed by atoms with Gasteiger partial charge in [-0.25, -0.2) is 0 Å². The molecule has 1 heterocycles. The highest BCUT2D eigenvalue weighted by Gasteiger charge is 2.20. The first-order valence-corrected chi connectivity index (χ1v) is 6.89. The number of piperazine rings is 1. The molecule has 1 atom stereocenters. The fourth-order valence-corrected chi connectivity index (χ4v) is 2.73. The monoisotopic (exact) mass is 267 g/mol. The average molecular weight is 268 g/mol. The minimum absolute atomic E-state index is 0.385. The van der Waals surface area contributed by atoms with Gasteiger partial charge in [-0.05, 0) is 24.6 Å². The molecule has 18 heavy (non-hydrogen) atoms. The van der Waals surface area contributed by atoms with Crippen LogP contribution < -0.4 is 10.2 Å². The van der Waals surface area contributed by atoms with Crippen LogP contribution in [0.25, 0.3) is 0 Å². The van der Waals surface area contributed by atoms with Crippen molar-refractivity contribution in [1.29, 1.82) is 0 Å². The van der Waals surface area contributed by atoms with E-state index < -0.39 is 0 Å². The van der Waals surface area contributed by atoms with Crippen LogP contribution in [-0.4, -0.2) is 45.2 Å². The summed E-state index contributed by atoms with van der Waals surface area (Å²) in [7, 11) is 4.07. The van der Waals surface area contributed by atoms with E-state index in [1.807, 2.05) is 14.1 Å². The van der Waals surface area contributed by atoms with E-state index in [0.29, 0.717) is 6.04 Å². The second-order valence-corrected chi connectivity index (χ2v) is 5.47. The van der Waals surface area contributed by atoms with Crippen molar-refractivity contribution < 1.29 is 0 Å². The summed E-state index contributed by atoms with van der Waals surface area (Å²) in [6, 6.07) is 6.73. The van der Waals surface area contributed by atoms with Crippen molar-refractivity contribution in [2.45, 2.75) is 13.0 Å². The zero-order chi connectivity index (χ0) is 13.1. The summed E-state index contributed by atoms with van der Waals surface area (Å²) in [5.74, 6) is 0. The number of anilines is 1. The predicted molar refractivity (Wildman–Crippen MR) is 78.6 cm³/mol. The molecule has 1 aromatic carbocycles. The summed E-state index contributed by atoms with van der Waals surface area (Å²) >= 11 is 6.42. The molecule has 3 nitrogen and oxygen atoms in total. The number of halogens is 1. The van der Waals surface area contributed by atoms with Crippen LogP contribution in [0.5, 0.6) is 0 Å². The molecule has 0 bridgehead atoms. The maximum absolute atomic E-state index is 6.42. The van der Waals surface area contributed by atoms with Gasteiger partial charge in [0, 0.05) is 57.0 Å². The van der Waals surface area contributed by atoms with E-state index in [9.17, 15) is 0 Å². The van der Waals surface area contributed by atoms with Crippen molar-refractivity contribution >= 4 is 17.3 Å². The first-order valence-electron chi connectivity index (χ1n) is 6.51. The lowest BCUT2D eigenvalue weighted by atomic mass is 10.1. The maximum atomic E-state index is 6.42. The fraction of sp³-hybridized carbons (Fsp3) is 0.571. The zero-order valence-electron chi connectivity index (χ0n) is 11.4. The van der Waals surface area contributed by atoms with E-state index in [4.69, 9.17) is 11.6 Å². The molecule has 0 saturated carbocycles. The maximum Gasteiger partial charge on any atom is 0.0474 e. The highest BCUT2D eigenvalue weighted by molar-refractivity contribution is 6.31. The number of hydrogen-bond acceptors (Lipinski definition) is 3. The van der Waals surface area contributed by atoms with Crippen LogP contribution in [0, 0.1) is 0 Å². The number of nitrogens with zero attached hydrogens (tertiary/aromatic N) is 2. The Kier molecular flexibility index (Phi) is 4.49. The number of hydrogen-bond donors (Lipinski definition) is 1. The molecule has 0 amide bonds. The second kappa shape index (κ2) is 5.91. The van der Waals surface area contributed by atoms with Crippen molar-refractivity contribution in [3.05, 3.63) is 28.8 Å². The predicted octanol–water partition coefficient (Wildman–Crippen LogP) is 2.37. The minimum atomic E-state index is 0.385. The quantitative estimate of drug-likeness (QED) is 0.907. The molecule has 1 aliphatic rings. The summed E-state index contributed by atoms with van der Waals surface area (Å²) in [4.78, 5) is 4.55. The van der Waals surface area contributed by atoms with E-state index in [1.54, 1.807) is 0 Å². The third kappa shape index (κ3) is 2.97. The Hall–Kier alpha value is -0.770. The lowest BCUT2D eigenvalue weighted by Crippen LogP contribution is -2.44. The molecular weight excluding hydrogens is 246 g/mol. The lowest BCUT2D eigenvalue weighted by molar-refractivity contribution is 0.185. The normalized spacial score (nSPS) is 18.7. The van der Waals surface area contributed by atoms with Crippen LogP contribution in [0.1, 0.15) is 18.5 Å². The van der Waals surface area contributed by atoms with Gasteiger partial charge >= 0.3 is 0 Å². The first kappa shape index (κ1) is 13.7. The molecule has 1 saturated heterocycles. The van der Waals surface area contributed by atoms with Crippen molar-refractivity contribution in [2.75, 3.05) is 45.2 Å². The van der Waals surface area contributed by atoms with E-state index >= 15 is 0 Å². The summed E-state index contributed by atoms with van der Waals surface area (Å²) in [5.41, 5.74) is 2.38. The summed E-state index contributed by atoms with van der Waals surface area (Å²) in [6.07, 6.45) is 0. The van der Waals surface area contributed by atoms with Crippen LogP contribution in [0.3, 0.4) is 0 Å². The van der Waals surface area contributed by atoms with Gasteiger partial charge in [-0.15, -0.1) is 0 Å². The van der Waals surface area contributed by atoms with Crippen LogP contribution in [0.4, 0.5) is 5.69 Å². The number of rotatable bonds is 3. The number of nitrogens with one attached hydrogen (secondary N) is 1. The fourth-order valence-electron chi connectivity index (χ4n) is 2.40. The molecule has 0 aromatic heterocycles. The van der Waals surface area contributed by atoms with Crippen LogP contribution in [-0.2, 0) is 0 Å². The van der Waals surface area contributed by atoms with Gasteiger partial charge in [0.2, 0.25) is 0 Å². The van der Waals surface area contributed by atoms with Crippen LogP contribution >= 0.6 is 11.6 Å². The van der Waals surface area contributed by atoms with E-state index in [0.717, 1.165) is 36.9 Å². The second-order valence-electron chi connectivity index (χ2n) is 5.06. The SMILES string of the molecule is C[C@H](c1ccc(N(C)C)cc1Cl)N1CCNCC1. The van der Waals surface area contributed by atoms with Crippen molar-refractivity contribution in [3.8, 4) is 0 Å². The zero-order valence-corrected chi connectivity index (χ0v) is 12.2. The van der Waals surface area contributed by atoms with Crippen molar-refractivity contribution in [2.24, 2.45) is 0 Å². The van der Waals surface area contributed by atoms with Crippen LogP contribution in [0.15, 0.2) is 18.2 Å². The average Bonchev–Trinajstić information content (AvgIpc) is 2.38. The first-order chi connectivity index (χ1) is 8.59. The van der Waals surface area contributed by atoms with Crippen molar-refractivity contribution in [1.82, 2.24) is 10.2 Å². The molecule has 4 heteroatoms. The van der Waals surface area contributed by atoms with Gasteiger partial charge in [-0.1, -0.05) is 17.7 Å². The smallest absolute Gasteiger partial charge is 0.0474 e. The van der Waals surface area contributed by atoms with Gasteiger partial charge in [0.25, 0.3) is 0 Å². The Morgan fingerprint density at radius 1 is 1.28 bits per heavy atom. The van der Waals surface area contributed by atoms with Crippen molar-refractivity contribution in [3.63, 3.8) is 0 Å². The molecule has 2 rings (SSSR count). The molecule has 0 spiro atoms. The topological polar surface area (TPSA) is 18.5 Å². The Morgan fingerprint density at radius 3 is 2.50 bits per heavy atom. The van der Waals surface area contributed by atoms with Gasteiger partial charge in [0.1, 0.15) is 0 Å². The van der Waals surface area contributed by atoms with E-state index in [1.165, 1.54) is 5.56 Å². The molecule has 0 unspecified atom stereocenters. The molecule has 1 N–H and O–H groups in total. The molecular formula is C14H22ClN3. The highest BCUT2D eigenvalue weighted by atomic mass is 35.5. The third-order valence-electron chi connectivity index (χ3n) is 3.65. The highest BCUT2D eigenvalue weighted by Crippen LogP contribution is 2.30. The molecule has 1 aromatic rings. The summed E-state index contributed by atoms with van der Waals surface area (Å²) < 4.78 is 0. The minimum Gasteiger partial charge on any atom is -0.378 e. The van der Waals surface area contributed by atoms with Gasteiger partial charge in [-0.3, -0.25) is 4.90 Å². The third-order valence-corrected chi connectivity index (χ3v) is 3.98. The van der Waals surface area contributed by atoms with Gasteiger partial charge in [0.05, 0.1) is 0 Å². The van der Waals surface area contributed by atoms with Crippen LogP contribution in [0.2, 0.25) is 5.02 Å². The van der Waals surface area contributed by atoms with Gasteiger partial charge in [0.15, 0.2) is 0 Å². The molecule has 0 radical (unpaired) electrons. The van der Waals surface area contributed by atoms with E-state index in [2.05, 4.69) is 40.2 Å². The Bertz CT molecular complexity index is 400. The summed E-state index contributed by atoms with van der Waals surface area (Å²) in [6.45, 7) is 6.55. The molecule has 1 aliphatic heterocycles. The molecule has 100 valence electrons. The molecule has 0 aliphatic carbocycles.